The first-order valence-corrected chi connectivity index (χ1v) is 5.36. The summed E-state index contributed by atoms with van der Waals surface area (Å²) in [6.45, 7) is 0.956. The number of nitrogens with one attached hydrogen (secondary N) is 2. The number of hydrogen-bond acceptors (Lipinski definition) is 5. The second-order valence-electron chi connectivity index (χ2n) is 3.94. The summed E-state index contributed by atoms with van der Waals surface area (Å²) in [5.41, 5.74) is 0.703. The molecule has 2 N–H and O–H groups in total. The molecular weight excluding hydrogens is 204 g/mol. The zero-order valence-electron chi connectivity index (χ0n) is 8.72. The van der Waals surface area contributed by atoms with Crippen LogP contribution in [0.15, 0.2) is 18.3 Å². The fourth-order valence-corrected chi connectivity index (χ4v) is 1.44. The van der Waals surface area contributed by atoms with Gasteiger partial charge in [0.05, 0.1) is 0 Å². The zero-order chi connectivity index (χ0) is 10.8. The van der Waals surface area contributed by atoms with Crippen LogP contribution in [-0.4, -0.2) is 31.9 Å². The highest BCUT2D eigenvalue weighted by molar-refractivity contribution is 5.49. The molecule has 2 aromatic heterocycles. The van der Waals surface area contributed by atoms with Crippen molar-refractivity contribution in [1.82, 2.24) is 25.4 Å². The minimum absolute atomic E-state index is 0.632. The van der Waals surface area contributed by atoms with Crippen LogP contribution >= 0.6 is 0 Å². The van der Waals surface area contributed by atoms with Gasteiger partial charge in [0.15, 0.2) is 5.82 Å². The van der Waals surface area contributed by atoms with Crippen LogP contribution in [0, 0.1) is 5.92 Å². The average Bonchev–Trinajstić information content (AvgIpc) is 3.05. The molecule has 0 atom stereocenters. The van der Waals surface area contributed by atoms with Gasteiger partial charge in [0, 0.05) is 12.7 Å². The lowest BCUT2D eigenvalue weighted by Crippen LogP contribution is -2.04. The molecule has 0 radical (unpaired) electrons. The molecule has 0 spiro atoms. The SMILES string of the molecule is c1cnnc(-c2nc(NCC3CC3)n[nH]2)c1. The first-order chi connectivity index (χ1) is 7.92. The minimum Gasteiger partial charge on any atom is -0.353 e. The van der Waals surface area contributed by atoms with Crippen LogP contribution in [0.5, 0.6) is 0 Å². The van der Waals surface area contributed by atoms with Crippen LogP contribution in [-0.2, 0) is 0 Å². The maximum atomic E-state index is 4.30. The van der Waals surface area contributed by atoms with Crippen molar-refractivity contribution in [3.05, 3.63) is 18.3 Å². The van der Waals surface area contributed by atoms with Crippen LogP contribution in [0.2, 0.25) is 0 Å². The van der Waals surface area contributed by atoms with E-state index in [4.69, 9.17) is 0 Å². The van der Waals surface area contributed by atoms with Gasteiger partial charge in [-0.25, -0.2) is 0 Å². The topological polar surface area (TPSA) is 79.4 Å². The number of hydrogen-bond donors (Lipinski definition) is 2. The summed E-state index contributed by atoms with van der Waals surface area (Å²) < 4.78 is 0. The summed E-state index contributed by atoms with van der Waals surface area (Å²) in [6.07, 6.45) is 4.26. The largest absolute Gasteiger partial charge is 0.353 e. The van der Waals surface area contributed by atoms with Gasteiger partial charge in [-0.05, 0) is 30.9 Å². The highest BCUT2D eigenvalue weighted by atomic mass is 15.3. The summed E-state index contributed by atoms with van der Waals surface area (Å²) in [6, 6.07) is 3.67. The standard InChI is InChI=1S/C10H12N6/c1-2-8(14-12-5-1)9-13-10(16-15-9)11-6-7-3-4-7/h1-2,5,7H,3-4,6H2,(H2,11,13,15,16). The Morgan fingerprint density at radius 3 is 3.12 bits per heavy atom. The molecule has 1 saturated carbocycles. The highest BCUT2D eigenvalue weighted by Crippen LogP contribution is 2.28. The molecule has 0 aliphatic heterocycles. The Kier molecular flexibility index (Phi) is 2.25. The van der Waals surface area contributed by atoms with Crippen LogP contribution in [0.3, 0.4) is 0 Å². The Morgan fingerprint density at radius 2 is 2.38 bits per heavy atom. The van der Waals surface area contributed by atoms with Gasteiger partial charge < -0.3 is 5.32 Å². The molecule has 3 rings (SSSR count). The van der Waals surface area contributed by atoms with Crippen LogP contribution in [0.4, 0.5) is 5.95 Å². The van der Waals surface area contributed by atoms with E-state index in [9.17, 15) is 0 Å². The van der Waals surface area contributed by atoms with Gasteiger partial charge in [-0.1, -0.05) is 0 Å². The minimum atomic E-state index is 0.632. The summed E-state index contributed by atoms with van der Waals surface area (Å²) in [5, 5.41) is 17.9. The summed E-state index contributed by atoms with van der Waals surface area (Å²) in [4.78, 5) is 4.30. The third kappa shape index (κ3) is 2.00. The van der Waals surface area contributed by atoms with E-state index in [1.54, 1.807) is 6.20 Å². The molecule has 2 aromatic rings. The molecule has 82 valence electrons. The van der Waals surface area contributed by atoms with Crippen molar-refractivity contribution in [2.24, 2.45) is 5.92 Å². The van der Waals surface area contributed by atoms with E-state index in [1.165, 1.54) is 12.8 Å². The van der Waals surface area contributed by atoms with E-state index in [1.807, 2.05) is 12.1 Å². The molecule has 1 aliphatic rings. The molecule has 2 heterocycles. The van der Waals surface area contributed by atoms with Crippen LogP contribution < -0.4 is 5.32 Å². The zero-order valence-corrected chi connectivity index (χ0v) is 8.72. The van der Waals surface area contributed by atoms with Crippen molar-refractivity contribution in [2.75, 3.05) is 11.9 Å². The van der Waals surface area contributed by atoms with Gasteiger partial charge >= 0.3 is 0 Å². The quantitative estimate of drug-likeness (QED) is 0.799. The van der Waals surface area contributed by atoms with Crippen molar-refractivity contribution in [1.29, 1.82) is 0 Å². The number of aromatic nitrogens is 5. The number of nitrogens with zero attached hydrogens (tertiary/aromatic N) is 4. The lowest BCUT2D eigenvalue weighted by atomic mass is 10.4. The first-order valence-electron chi connectivity index (χ1n) is 5.36. The van der Waals surface area contributed by atoms with E-state index < -0.39 is 0 Å². The fourth-order valence-electron chi connectivity index (χ4n) is 1.44. The fraction of sp³-hybridized carbons (Fsp3) is 0.400. The lowest BCUT2D eigenvalue weighted by molar-refractivity contribution is 0.875. The number of anilines is 1. The number of H-pyrrole nitrogens is 1. The van der Waals surface area contributed by atoms with Crippen molar-refractivity contribution in [3.63, 3.8) is 0 Å². The van der Waals surface area contributed by atoms with Gasteiger partial charge in [0.25, 0.3) is 0 Å². The van der Waals surface area contributed by atoms with Crippen molar-refractivity contribution in [2.45, 2.75) is 12.8 Å². The maximum Gasteiger partial charge on any atom is 0.242 e. The summed E-state index contributed by atoms with van der Waals surface area (Å²) in [5.74, 6) is 2.08. The number of aromatic amines is 1. The molecule has 1 fully saturated rings. The number of rotatable bonds is 4. The maximum absolute atomic E-state index is 4.30. The van der Waals surface area contributed by atoms with E-state index in [0.29, 0.717) is 17.5 Å². The van der Waals surface area contributed by atoms with Crippen molar-refractivity contribution < 1.29 is 0 Å². The molecule has 6 nitrogen and oxygen atoms in total. The molecule has 0 bridgehead atoms. The first kappa shape index (κ1) is 9.26. The Hall–Kier alpha value is -1.98. The predicted molar refractivity (Wildman–Crippen MR) is 58.6 cm³/mol. The monoisotopic (exact) mass is 216 g/mol. The Morgan fingerprint density at radius 1 is 1.44 bits per heavy atom. The summed E-state index contributed by atoms with van der Waals surface area (Å²) >= 11 is 0. The molecule has 0 unspecified atom stereocenters. The second kappa shape index (κ2) is 3.88. The van der Waals surface area contributed by atoms with Gasteiger partial charge in [0.2, 0.25) is 5.95 Å². The van der Waals surface area contributed by atoms with E-state index in [2.05, 4.69) is 30.7 Å². The Balaban J connectivity index is 1.71. The highest BCUT2D eigenvalue weighted by Gasteiger charge is 2.21. The van der Waals surface area contributed by atoms with Gasteiger partial charge in [-0.3, -0.25) is 5.10 Å². The average molecular weight is 216 g/mol. The summed E-state index contributed by atoms with van der Waals surface area (Å²) in [7, 11) is 0. The lowest BCUT2D eigenvalue weighted by Gasteiger charge is -1.96. The van der Waals surface area contributed by atoms with Crippen molar-refractivity contribution >= 4 is 5.95 Å². The van der Waals surface area contributed by atoms with Gasteiger partial charge in [-0.2, -0.15) is 10.1 Å². The van der Waals surface area contributed by atoms with E-state index in [-0.39, 0.29) is 0 Å². The third-order valence-corrected chi connectivity index (χ3v) is 2.55. The molecule has 0 aromatic carbocycles. The van der Waals surface area contributed by atoms with E-state index >= 15 is 0 Å². The van der Waals surface area contributed by atoms with E-state index in [0.717, 1.165) is 12.5 Å². The molecular formula is C10H12N6. The Labute approximate surface area is 92.5 Å². The smallest absolute Gasteiger partial charge is 0.242 e. The molecule has 6 heteroatoms. The molecule has 16 heavy (non-hydrogen) atoms. The normalized spacial score (nSPS) is 15.0. The van der Waals surface area contributed by atoms with Gasteiger partial charge in [0.1, 0.15) is 5.69 Å². The van der Waals surface area contributed by atoms with Crippen LogP contribution in [0.25, 0.3) is 11.5 Å². The van der Waals surface area contributed by atoms with Crippen molar-refractivity contribution in [3.8, 4) is 11.5 Å². The molecule has 0 saturated heterocycles. The Bertz CT molecular complexity index is 461. The molecule has 1 aliphatic carbocycles. The van der Waals surface area contributed by atoms with Crippen LogP contribution in [0.1, 0.15) is 12.8 Å². The second-order valence-corrected chi connectivity index (χ2v) is 3.94. The molecule has 0 amide bonds. The predicted octanol–water partition coefficient (Wildman–Crippen LogP) is 1.08. The third-order valence-electron chi connectivity index (χ3n) is 2.55. The van der Waals surface area contributed by atoms with Gasteiger partial charge in [-0.15, -0.1) is 10.2 Å².